The number of carboxylic acids is 1. The van der Waals surface area contributed by atoms with Crippen molar-refractivity contribution in [1.82, 2.24) is 4.90 Å². The molecule has 0 fully saturated rings. The number of carbonyl (C=O) groups is 2. The SMILES string of the molecule is CCN(CCC#N)C(=O)c1ccc(C=CC(=O)O)c(F)c1. The van der Waals surface area contributed by atoms with Gasteiger partial charge in [0.25, 0.3) is 5.91 Å². The zero-order valence-corrected chi connectivity index (χ0v) is 11.5. The Balaban J connectivity index is 2.94. The maximum Gasteiger partial charge on any atom is 0.328 e. The maximum absolute atomic E-state index is 13.8. The van der Waals surface area contributed by atoms with Crippen LogP contribution in [0.25, 0.3) is 6.08 Å². The summed E-state index contributed by atoms with van der Waals surface area (Å²) >= 11 is 0. The van der Waals surface area contributed by atoms with Crippen molar-refractivity contribution < 1.29 is 19.1 Å². The topological polar surface area (TPSA) is 81.4 Å². The molecule has 0 atom stereocenters. The van der Waals surface area contributed by atoms with Gasteiger partial charge in [-0.2, -0.15) is 5.26 Å². The van der Waals surface area contributed by atoms with Gasteiger partial charge in [-0.1, -0.05) is 6.07 Å². The average molecular weight is 290 g/mol. The Labute approximate surface area is 121 Å². The number of nitrogens with zero attached hydrogens (tertiary/aromatic N) is 2. The van der Waals surface area contributed by atoms with Gasteiger partial charge in [0.2, 0.25) is 0 Å². The predicted molar refractivity (Wildman–Crippen MR) is 74.9 cm³/mol. The molecule has 0 aliphatic rings. The van der Waals surface area contributed by atoms with E-state index in [9.17, 15) is 14.0 Å². The van der Waals surface area contributed by atoms with Crippen LogP contribution in [-0.2, 0) is 4.79 Å². The van der Waals surface area contributed by atoms with Crippen LogP contribution >= 0.6 is 0 Å². The molecular formula is C15H15FN2O3. The predicted octanol–water partition coefficient (Wildman–Crippen LogP) is 2.30. The lowest BCUT2D eigenvalue weighted by Gasteiger charge is -2.19. The van der Waals surface area contributed by atoms with Crippen molar-refractivity contribution >= 4 is 18.0 Å². The van der Waals surface area contributed by atoms with Crippen LogP contribution in [0.5, 0.6) is 0 Å². The minimum atomic E-state index is -1.18. The molecule has 0 bridgehead atoms. The van der Waals surface area contributed by atoms with Crippen molar-refractivity contribution in [3.63, 3.8) is 0 Å². The Bertz CT molecular complexity index is 605. The smallest absolute Gasteiger partial charge is 0.328 e. The molecule has 0 spiro atoms. The first-order valence-electron chi connectivity index (χ1n) is 6.36. The second-order valence-electron chi connectivity index (χ2n) is 4.20. The monoisotopic (exact) mass is 290 g/mol. The van der Waals surface area contributed by atoms with Gasteiger partial charge in [-0.3, -0.25) is 4.79 Å². The van der Waals surface area contributed by atoms with E-state index in [4.69, 9.17) is 10.4 Å². The molecule has 0 heterocycles. The summed E-state index contributed by atoms with van der Waals surface area (Å²) in [6.07, 6.45) is 2.16. The van der Waals surface area contributed by atoms with E-state index in [1.807, 2.05) is 6.07 Å². The van der Waals surface area contributed by atoms with Crippen LogP contribution < -0.4 is 0 Å². The fraction of sp³-hybridized carbons (Fsp3) is 0.267. The lowest BCUT2D eigenvalue weighted by Crippen LogP contribution is -2.31. The van der Waals surface area contributed by atoms with Crippen molar-refractivity contribution in [2.45, 2.75) is 13.3 Å². The lowest BCUT2D eigenvalue weighted by molar-refractivity contribution is -0.131. The molecule has 0 saturated heterocycles. The van der Waals surface area contributed by atoms with Gasteiger partial charge in [-0.25, -0.2) is 9.18 Å². The number of hydrogen-bond donors (Lipinski definition) is 1. The summed E-state index contributed by atoms with van der Waals surface area (Å²) in [5, 5.41) is 17.0. The van der Waals surface area contributed by atoms with Crippen LogP contribution in [0.15, 0.2) is 24.3 Å². The molecule has 1 aromatic rings. The van der Waals surface area contributed by atoms with Crippen molar-refractivity contribution in [3.8, 4) is 6.07 Å². The van der Waals surface area contributed by atoms with Gasteiger partial charge in [0.1, 0.15) is 5.82 Å². The third kappa shape index (κ3) is 4.73. The van der Waals surface area contributed by atoms with Crippen molar-refractivity contribution in [1.29, 1.82) is 5.26 Å². The molecule has 0 aliphatic carbocycles. The zero-order chi connectivity index (χ0) is 15.8. The number of halogens is 1. The first-order valence-corrected chi connectivity index (χ1v) is 6.36. The minimum absolute atomic E-state index is 0.0917. The van der Waals surface area contributed by atoms with Crippen molar-refractivity contribution in [2.75, 3.05) is 13.1 Å². The van der Waals surface area contributed by atoms with Crippen LogP contribution in [0.4, 0.5) is 4.39 Å². The lowest BCUT2D eigenvalue weighted by atomic mass is 10.1. The molecule has 1 aromatic carbocycles. The molecule has 110 valence electrons. The number of nitriles is 1. The van der Waals surface area contributed by atoms with Crippen LogP contribution in [0.2, 0.25) is 0 Å². The molecule has 0 aliphatic heterocycles. The van der Waals surface area contributed by atoms with Gasteiger partial charge >= 0.3 is 5.97 Å². The quantitative estimate of drug-likeness (QED) is 0.815. The maximum atomic E-state index is 13.8. The number of hydrogen-bond acceptors (Lipinski definition) is 3. The molecule has 5 nitrogen and oxygen atoms in total. The van der Waals surface area contributed by atoms with Gasteiger partial charge < -0.3 is 10.0 Å². The Morgan fingerprint density at radius 2 is 2.19 bits per heavy atom. The Morgan fingerprint density at radius 3 is 2.71 bits per heavy atom. The summed E-state index contributed by atoms with van der Waals surface area (Å²) in [5.74, 6) is -2.21. The minimum Gasteiger partial charge on any atom is -0.478 e. The van der Waals surface area contributed by atoms with Crippen LogP contribution in [-0.4, -0.2) is 35.0 Å². The third-order valence-electron chi connectivity index (χ3n) is 2.82. The summed E-state index contributed by atoms with van der Waals surface area (Å²) in [5.41, 5.74) is 0.258. The van der Waals surface area contributed by atoms with E-state index in [1.165, 1.54) is 17.0 Å². The summed E-state index contributed by atoms with van der Waals surface area (Å²) in [6.45, 7) is 2.48. The Morgan fingerprint density at radius 1 is 1.48 bits per heavy atom. The molecule has 6 heteroatoms. The standard InChI is InChI=1S/C15H15FN2O3/c1-2-18(9-3-8-17)15(21)12-5-4-11(13(16)10-12)6-7-14(19)20/h4-7,10H,2-3,9H2,1H3,(H,19,20). The number of aliphatic carboxylic acids is 1. The number of carbonyl (C=O) groups excluding carboxylic acids is 1. The van der Waals surface area contributed by atoms with E-state index in [-0.39, 0.29) is 30.0 Å². The molecule has 0 unspecified atom stereocenters. The molecule has 0 aromatic heterocycles. The fourth-order valence-corrected chi connectivity index (χ4v) is 1.73. The molecule has 1 rings (SSSR count). The van der Waals surface area contributed by atoms with E-state index in [0.717, 1.165) is 18.2 Å². The average Bonchev–Trinajstić information content (AvgIpc) is 2.46. The fourth-order valence-electron chi connectivity index (χ4n) is 1.73. The molecule has 1 amide bonds. The van der Waals surface area contributed by atoms with Crippen molar-refractivity contribution in [3.05, 3.63) is 41.2 Å². The highest BCUT2D eigenvalue weighted by atomic mass is 19.1. The first-order chi connectivity index (χ1) is 9.99. The van der Waals surface area contributed by atoms with Gasteiger partial charge in [0.05, 0.1) is 12.5 Å². The molecule has 0 saturated carbocycles. The molecular weight excluding hydrogens is 275 g/mol. The third-order valence-corrected chi connectivity index (χ3v) is 2.82. The van der Waals surface area contributed by atoms with Gasteiger partial charge in [-0.15, -0.1) is 0 Å². The largest absolute Gasteiger partial charge is 0.478 e. The second kappa shape index (κ2) is 7.80. The molecule has 0 radical (unpaired) electrons. The van der Waals surface area contributed by atoms with Crippen LogP contribution in [0, 0.1) is 17.1 Å². The van der Waals surface area contributed by atoms with E-state index in [0.29, 0.717) is 6.54 Å². The molecule has 21 heavy (non-hydrogen) atoms. The van der Waals surface area contributed by atoms with E-state index >= 15 is 0 Å². The first kappa shape index (κ1) is 16.4. The van der Waals surface area contributed by atoms with Gasteiger partial charge in [0, 0.05) is 30.3 Å². The Hall–Kier alpha value is -2.68. The van der Waals surface area contributed by atoms with Crippen LogP contribution in [0.3, 0.4) is 0 Å². The summed E-state index contributed by atoms with van der Waals surface area (Å²) in [7, 11) is 0. The molecule has 1 N–H and O–H groups in total. The van der Waals surface area contributed by atoms with E-state index in [2.05, 4.69) is 0 Å². The highest BCUT2D eigenvalue weighted by Crippen LogP contribution is 2.14. The van der Waals surface area contributed by atoms with Crippen molar-refractivity contribution in [2.24, 2.45) is 0 Å². The summed E-state index contributed by atoms with van der Waals surface area (Å²) in [6, 6.07) is 5.80. The van der Waals surface area contributed by atoms with Crippen LogP contribution in [0.1, 0.15) is 29.3 Å². The van der Waals surface area contributed by atoms with Gasteiger partial charge in [-0.05, 0) is 25.1 Å². The van der Waals surface area contributed by atoms with Gasteiger partial charge in [0.15, 0.2) is 0 Å². The zero-order valence-electron chi connectivity index (χ0n) is 11.5. The second-order valence-corrected chi connectivity index (χ2v) is 4.20. The number of benzene rings is 1. The van der Waals surface area contributed by atoms with E-state index in [1.54, 1.807) is 6.92 Å². The summed E-state index contributed by atoms with van der Waals surface area (Å²) in [4.78, 5) is 24.0. The number of amides is 1. The summed E-state index contributed by atoms with van der Waals surface area (Å²) < 4.78 is 13.8. The highest BCUT2D eigenvalue weighted by Gasteiger charge is 2.15. The number of carboxylic acid groups (broad SMARTS) is 1. The number of rotatable bonds is 6. The normalized spacial score (nSPS) is 10.3. The Kier molecular flexibility index (Phi) is 6.08. The highest BCUT2D eigenvalue weighted by molar-refractivity contribution is 5.94. The van der Waals surface area contributed by atoms with E-state index < -0.39 is 11.8 Å².